The average molecular weight is 510 g/mol. The molecule has 0 bridgehead atoms. The van der Waals surface area contributed by atoms with Gasteiger partial charge in [0.15, 0.2) is 5.96 Å². The van der Waals surface area contributed by atoms with Crippen LogP contribution in [0.5, 0.6) is 11.5 Å². The van der Waals surface area contributed by atoms with Gasteiger partial charge in [0.1, 0.15) is 23.5 Å². The Hall–Kier alpha value is -2.11. The zero-order valence-corrected chi connectivity index (χ0v) is 18.1. The quantitative estimate of drug-likeness (QED) is 0.287. The minimum Gasteiger partial charge on any atom is -0.493 e. The molecule has 28 heavy (non-hydrogen) atoms. The average Bonchev–Trinajstić information content (AvgIpc) is 3.16. The van der Waals surface area contributed by atoms with Crippen molar-refractivity contribution in [2.75, 3.05) is 13.2 Å². The molecule has 0 radical (unpaired) electrons. The molecular weight excluding hydrogens is 485 g/mol. The second kappa shape index (κ2) is 13.1. The van der Waals surface area contributed by atoms with Crippen LogP contribution in [-0.2, 0) is 13.1 Å². The van der Waals surface area contributed by atoms with Crippen molar-refractivity contribution in [2.45, 2.75) is 40.0 Å². The molecule has 10 heteroatoms. The number of guanidine groups is 1. The molecule has 156 valence electrons. The van der Waals surface area contributed by atoms with Gasteiger partial charge in [0, 0.05) is 24.2 Å². The van der Waals surface area contributed by atoms with E-state index in [0.29, 0.717) is 37.0 Å². The Bertz CT molecular complexity index is 715. The van der Waals surface area contributed by atoms with Crippen molar-refractivity contribution in [1.82, 2.24) is 15.8 Å². The van der Waals surface area contributed by atoms with E-state index in [1.54, 1.807) is 18.2 Å². The summed E-state index contributed by atoms with van der Waals surface area (Å²) in [5.41, 5.74) is 1.25. The third kappa shape index (κ3) is 8.28. The van der Waals surface area contributed by atoms with E-state index in [-0.39, 0.29) is 36.3 Å². The fourth-order valence-electron chi connectivity index (χ4n) is 2.19. The summed E-state index contributed by atoms with van der Waals surface area (Å²) in [5.74, 6) is 1.06. The number of aliphatic imine (C=N–C) groups is 1. The molecule has 1 heterocycles. The lowest BCUT2D eigenvalue weighted by Gasteiger charge is -2.13. The number of hydrogen-bond acceptors (Lipinski definition) is 5. The van der Waals surface area contributed by atoms with Crippen LogP contribution < -0.4 is 20.1 Å². The Morgan fingerprint density at radius 2 is 2.07 bits per heavy atom. The Kier molecular flexibility index (Phi) is 11.2. The minimum atomic E-state index is -2.92. The van der Waals surface area contributed by atoms with Crippen molar-refractivity contribution in [3.8, 4) is 11.5 Å². The van der Waals surface area contributed by atoms with E-state index in [9.17, 15) is 8.78 Å². The van der Waals surface area contributed by atoms with Crippen molar-refractivity contribution < 1.29 is 22.8 Å². The van der Waals surface area contributed by atoms with Gasteiger partial charge in [0.2, 0.25) is 0 Å². The maximum absolute atomic E-state index is 12.7. The monoisotopic (exact) mass is 510 g/mol. The number of hydrogen-bond donors (Lipinski definition) is 2. The molecule has 2 rings (SSSR count). The zero-order chi connectivity index (χ0) is 19.5. The highest BCUT2D eigenvalue weighted by Crippen LogP contribution is 2.27. The summed E-state index contributed by atoms with van der Waals surface area (Å²) in [6.45, 7) is 2.70. The van der Waals surface area contributed by atoms with Crippen LogP contribution in [-0.4, -0.2) is 30.9 Å². The number of alkyl halides is 2. The molecule has 0 spiro atoms. The lowest BCUT2D eigenvalue weighted by atomic mass is 10.2. The number of rotatable bonds is 10. The first-order valence-corrected chi connectivity index (χ1v) is 8.74. The number of halogens is 3. The number of benzene rings is 1. The lowest BCUT2D eigenvalue weighted by Crippen LogP contribution is -2.36. The van der Waals surface area contributed by atoms with Gasteiger partial charge in [-0.3, -0.25) is 0 Å². The molecule has 0 aliphatic heterocycles. The van der Waals surface area contributed by atoms with Gasteiger partial charge < -0.3 is 24.6 Å². The molecule has 0 atom stereocenters. The summed E-state index contributed by atoms with van der Waals surface area (Å²) >= 11 is 0. The minimum absolute atomic E-state index is 0. The first kappa shape index (κ1) is 23.9. The SMILES string of the molecule is CCCOc1ccc(CN=C(NCC)NCc2ccon2)c(OC(F)F)c1.I. The fourth-order valence-corrected chi connectivity index (χ4v) is 2.19. The van der Waals surface area contributed by atoms with Crippen LogP contribution in [0.1, 0.15) is 31.5 Å². The second-order valence-electron chi connectivity index (χ2n) is 5.54. The van der Waals surface area contributed by atoms with Crippen LogP contribution in [0.2, 0.25) is 0 Å². The Balaban J connectivity index is 0.00000392. The summed E-state index contributed by atoms with van der Waals surface area (Å²) in [6.07, 6.45) is 2.30. The van der Waals surface area contributed by atoms with E-state index in [0.717, 1.165) is 12.1 Å². The van der Waals surface area contributed by atoms with E-state index in [1.165, 1.54) is 12.3 Å². The third-order valence-electron chi connectivity index (χ3n) is 3.41. The highest BCUT2D eigenvalue weighted by atomic mass is 127. The maximum Gasteiger partial charge on any atom is 0.387 e. The molecule has 2 aromatic rings. The van der Waals surface area contributed by atoms with Crippen LogP contribution in [0.4, 0.5) is 8.78 Å². The number of nitrogens with one attached hydrogen (secondary N) is 2. The highest BCUT2D eigenvalue weighted by molar-refractivity contribution is 14.0. The number of nitrogens with zero attached hydrogens (tertiary/aromatic N) is 2. The molecule has 0 aliphatic carbocycles. The van der Waals surface area contributed by atoms with E-state index < -0.39 is 6.61 Å². The number of ether oxygens (including phenoxy) is 2. The Morgan fingerprint density at radius 3 is 2.71 bits per heavy atom. The van der Waals surface area contributed by atoms with Crippen LogP contribution in [0.15, 0.2) is 40.0 Å². The molecule has 7 nitrogen and oxygen atoms in total. The van der Waals surface area contributed by atoms with Gasteiger partial charge in [0.05, 0.1) is 19.7 Å². The highest BCUT2D eigenvalue weighted by Gasteiger charge is 2.12. The Labute approximate surface area is 179 Å². The van der Waals surface area contributed by atoms with Crippen LogP contribution in [0.25, 0.3) is 0 Å². The predicted octanol–water partition coefficient (Wildman–Crippen LogP) is 3.94. The molecule has 0 saturated carbocycles. The van der Waals surface area contributed by atoms with Gasteiger partial charge in [-0.2, -0.15) is 8.78 Å². The largest absolute Gasteiger partial charge is 0.493 e. The van der Waals surface area contributed by atoms with E-state index in [1.807, 2.05) is 13.8 Å². The van der Waals surface area contributed by atoms with Crippen molar-refractivity contribution in [3.63, 3.8) is 0 Å². The van der Waals surface area contributed by atoms with E-state index >= 15 is 0 Å². The van der Waals surface area contributed by atoms with Gasteiger partial charge >= 0.3 is 6.61 Å². The van der Waals surface area contributed by atoms with Crippen LogP contribution in [0, 0.1) is 0 Å². The standard InChI is InChI=1S/C18H24F2N4O3.HI/c1-3-8-25-15-6-5-13(16(10-15)27-17(19)20)11-22-18(21-4-2)23-12-14-7-9-26-24-14;/h5-7,9-10,17H,3-4,8,11-12H2,1-2H3,(H2,21,22,23);1H. The second-order valence-corrected chi connectivity index (χ2v) is 5.54. The van der Waals surface area contributed by atoms with Crippen LogP contribution in [0.3, 0.4) is 0 Å². The fraction of sp³-hybridized carbons (Fsp3) is 0.444. The molecule has 0 saturated heterocycles. The van der Waals surface area contributed by atoms with Crippen molar-refractivity contribution in [1.29, 1.82) is 0 Å². The normalized spacial score (nSPS) is 11.1. The summed E-state index contributed by atoms with van der Waals surface area (Å²) < 4.78 is 40.4. The summed E-state index contributed by atoms with van der Waals surface area (Å²) in [6, 6.07) is 6.59. The molecule has 1 aromatic heterocycles. The molecule has 0 amide bonds. The van der Waals surface area contributed by atoms with Gasteiger partial charge in [-0.05, 0) is 25.5 Å². The van der Waals surface area contributed by atoms with E-state index in [2.05, 4.69) is 25.5 Å². The summed E-state index contributed by atoms with van der Waals surface area (Å²) in [5, 5.41) is 9.99. The molecule has 0 unspecified atom stereocenters. The topological polar surface area (TPSA) is 80.9 Å². The molecule has 0 aliphatic rings. The Morgan fingerprint density at radius 1 is 1.25 bits per heavy atom. The first-order valence-electron chi connectivity index (χ1n) is 8.74. The van der Waals surface area contributed by atoms with Crippen LogP contribution >= 0.6 is 24.0 Å². The van der Waals surface area contributed by atoms with Crippen molar-refractivity contribution in [2.24, 2.45) is 4.99 Å². The van der Waals surface area contributed by atoms with Gasteiger partial charge in [-0.25, -0.2) is 4.99 Å². The third-order valence-corrected chi connectivity index (χ3v) is 3.41. The summed E-state index contributed by atoms with van der Waals surface area (Å²) in [4.78, 5) is 4.41. The first-order chi connectivity index (χ1) is 13.1. The lowest BCUT2D eigenvalue weighted by molar-refractivity contribution is -0.0505. The smallest absolute Gasteiger partial charge is 0.387 e. The predicted molar refractivity (Wildman–Crippen MR) is 112 cm³/mol. The van der Waals surface area contributed by atoms with Gasteiger partial charge in [-0.1, -0.05) is 12.1 Å². The molecule has 1 aromatic carbocycles. The van der Waals surface area contributed by atoms with E-state index in [4.69, 9.17) is 9.26 Å². The van der Waals surface area contributed by atoms with Crippen molar-refractivity contribution >= 4 is 29.9 Å². The molecule has 0 fully saturated rings. The molecule has 2 N–H and O–H groups in total. The van der Waals surface area contributed by atoms with Crippen molar-refractivity contribution in [3.05, 3.63) is 41.8 Å². The summed E-state index contributed by atoms with van der Waals surface area (Å²) in [7, 11) is 0. The maximum atomic E-state index is 12.7. The molecular formula is C18H25F2IN4O3. The number of aromatic nitrogens is 1. The van der Waals surface area contributed by atoms with Gasteiger partial charge in [-0.15, -0.1) is 24.0 Å². The van der Waals surface area contributed by atoms with Gasteiger partial charge in [0.25, 0.3) is 0 Å². The zero-order valence-electron chi connectivity index (χ0n) is 15.8.